The number of carbonyl (C=O) groups is 1. The molecule has 0 aliphatic carbocycles. The van der Waals surface area contributed by atoms with E-state index in [-0.39, 0.29) is 17.8 Å². The Morgan fingerprint density at radius 1 is 1.18 bits per heavy atom. The number of aryl methyl sites for hydroxylation is 1. The van der Waals surface area contributed by atoms with Crippen LogP contribution in [0.1, 0.15) is 23.7 Å². The number of nitrogens with zero attached hydrogens (tertiary/aromatic N) is 4. The number of ether oxygens (including phenoxy) is 1. The second-order valence-electron chi connectivity index (χ2n) is 7.22. The number of aromatic nitrogens is 4. The first-order valence-corrected chi connectivity index (χ1v) is 12.4. The SMILES string of the molecule is Cc1sc(NC(=O)CSc2nnc([C@H](C)Oc3ccccc3Cl)n2C)nc1-c1ccccc1. The Labute approximate surface area is 205 Å². The molecule has 4 aromatic rings. The first kappa shape index (κ1) is 23.3. The van der Waals surface area contributed by atoms with E-state index in [0.29, 0.717) is 26.9 Å². The normalized spacial score (nSPS) is 11.9. The van der Waals surface area contributed by atoms with Crippen molar-refractivity contribution >= 4 is 45.7 Å². The summed E-state index contributed by atoms with van der Waals surface area (Å²) in [6, 6.07) is 17.2. The quantitative estimate of drug-likeness (QED) is 0.310. The molecule has 0 aliphatic heterocycles. The van der Waals surface area contributed by atoms with Gasteiger partial charge in [-0.15, -0.1) is 21.5 Å². The highest BCUT2D eigenvalue weighted by Crippen LogP contribution is 2.31. The smallest absolute Gasteiger partial charge is 0.236 e. The molecule has 0 aliphatic rings. The van der Waals surface area contributed by atoms with Crippen molar-refractivity contribution in [2.24, 2.45) is 7.05 Å². The summed E-state index contributed by atoms with van der Waals surface area (Å²) < 4.78 is 7.75. The lowest BCUT2D eigenvalue weighted by Crippen LogP contribution is -2.14. The lowest BCUT2D eigenvalue weighted by atomic mass is 10.1. The average molecular weight is 500 g/mol. The van der Waals surface area contributed by atoms with Crippen LogP contribution in [0.25, 0.3) is 11.3 Å². The number of carbonyl (C=O) groups excluding carboxylic acids is 1. The molecule has 2 aromatic heterocycles. The van der Waals surface area contributed by atoms with Crippen molar-refractivity contribution in [2.45, 2.75) is 25.1 Å². The highest BCUT2D eigenvalue weighted by atomic mass is 35.5. The van der Waals surface area contributed by atoms with Crippen LogP contribution in [0.5, 0.6) is 5.75 Å². The number of hydrogen-bond acceptors (Lipinski definition) is 7. The van der Waals surface area contributed by atoms with Crippen LogP contribution in [-0.2, 0) is 11.8 Å². The summed E-state index contributed by atoms with van der Waals surface area (Å²) in [5.41, 5.74) is 1.91. The molecule has 0 fully saturated rings. The minimum Gasteiger partial charge on any atom is -0.481 e. The topological polar surface area (TPSA) is 81.9 Å². The number of benzene rings is 2. The third-order valence-corrected chi connectivity index (χ3v) is 7.01. The minimum atomic E-state index is -0.361. The van der Waals surface area contributed by atoms with Crippen LogP contribution in [0.4, 0.5) is 5.13 Å². The van der Waals surface area contributed by atoms with E-state index in [0.717, 1.165) is 16.1 Å². The first-order valence-electron chi connectivity index (χ1n) is 10.2. The summed E-state index contributed by atoms with van der Waals surface area (Å²) in [5, 5.41) is 13.1. The third kappa shape index (κ3) is 5.55. The van der Waals surface area contributed by atoms with E-state index in [2.05, 4.69) is 20.5 Å². The summed E-state index contributed by atoms with van der Waals surface area (Å²) in [7, 11) is 1.85. The molecule has 0 saturated heterocycles. The zero-order chi connectivity index (χ0) is 23.4. The van der Waals surface area contributed by atoms with Gasteiger partial charge in [-0.3, -0.25) is 4.79 Å². The van der Waals surface area contributed by atoms with E-state index in [4.69, 9.17) is 16.3 Å². The maximum atomic E-state index is 12.5. The van der Waals surface area contributed by atoms with E-state index >= 15 is 0 Å². The minimum absolute atomic E-state index is 0.154. The molecule has 1 atom stereocenters. The Morgan fingerprint density at radius 3 is 2.67 bits per heavy atom. The van der Waals surface area contributed by atoms with E-state index in [1.54, 1.807) is 12.1 Å². The van der Waals surface area contributed by atoms with Gasteiger partial charge in [0.2, 0.25) is 5.91 Å². The standard InChI is InChI=1S/C23H22ClN5O2S2/c1-14(31-18-12-8-7-11-17(18)24)21-27-28-23(29(21)3)32-13-19(30)25-22-26-20(15(2)33-22)16-9-5-4-6-10-16/h4-12,14H,13H2,1-3H3,(H,25,26,30)/t14-/m0/s1. The monoisotopic (exact) mass is 499 g/mol. The van der Waals surface area contributed by atoms with Crippen molar-refractivity contribution < 1.29 is 9.53 Å². The number of halogens is 1. The highest BCUT2D eigenvalue weighted by molar-refractivity contribution is 7.99. The van der Waals surface area contributed by atoms with Crippen LogP contribution in [0, 0.1) is 6.92 Å². The summed E-state index contributed by atoms with van der Waals surface area (Å²) in [6.07, 6.45) is -0.361. The van der Waals surface area contributed by atoms with Crippen molar-refractivity contribution in [3.63, 3.8) is 0 Å². The number of nitrogens with one attached hydrogen (secondary N) is 1. The molecule has 10 heteroatoms. The summed E-state index contributed by atoms with van der Waals surface area (Å²) >= 11 is 8.94. The zero-order valence-electron chi connectivity index (χ0n) is 18.3. The number of thioether (sulfide) groups is 1. The van der Waals surface area contributed by atoms with Gasteiger partial charge < -0.3 is 14.6 Å². The largest absolute Gasteiger partial charge is 0.481 e. The Bertz CT molecular complexity index is 1260. The van der Waals surface area contributed by atoms with Crippen LogP contribution >= 0.6 is 34.7 Å². The molecule has 0 radical (unpaired) electrons. The van der Waals surface area contributed by atoms with Crippen LogP contribution < -0.4 is 10.1 Å². The molecule has 0 unspecified atom stereocenters. The zero-order valence-corrected chi connectivity index (χ0v) is 20.7. The molecule has 0 spiro atoms. The predicted molar refractivity (Wildman–Crippen MR) is 133 cm³/mol. The predicted octanol–water partition coefficient (Wildman–Crippen LogP) is 5.77. The van der Waals surface area contributed by atoms with Gasteiger partial charge in [0, 0.05) is 17.5 Å². The molecule has 4 rings (SSSR count). The van der Waals surface area contributed by atoms with Crippen LogP contribution in [0.15, 0.2) is 59.8 Å². The molecule has 0 bridgehead atoms. The van der Waals surface area contributed by atoms with Crippen molar-refractivity contribution in [2.75, 3.05) is 11.1 Å². The first-order chi connectivity index (χ1) is 15.9. The van der Waals surface area contributed by atoms with Crippen LogP contribution in [-0.4, -0.2) is 31.4 Å². The fourth-order valence-electron chi connectivity index (χ4n) is 3.19. The molecule has 0 saturated carbocycles. The Balaban J connectivity index is 1.36. The van der Waals surface area contributed by atoms with Crippen LogP contribution in [0.3, 0.4) is 0 Å². The van der Waals surface area contributed by atoms with E-state index < -0.39 is 0 Å². The number of hydrogen-bond donors (Lipinski definition) is 1. The average Bonchev–Trinajstić information content (AvgIpc) is 3.36. The fourth-order valence-corrected chi connectivity index (χ4v) is 4.94. The molecule has 7 nitrogen and oxygen atoms in total. The third-order valence-electron chi connectivity index (χ3n) is 4.80. The van der Waals surface area contributed by atoms with E-state index in [1.807, 2.05) is 67.9 Å². The highest BCUT2D eigenvalue weighted by Gasteiger charge is 2.19. The molecule has 1 N–H and O–H groups in total. The molecule has 2 aromatic carbocycles. The van der Waals surface area contributed by atoms with Gasteiger partial charge in [0.25, 0.3) is 0 Å². The number of thiazole rings is 1. The molecular formula is C23H22ClN5O2S2. The second kappa shape index (κ2) is 10.4. The van der Waals surface area contributed by atoms with Gasteiger partial charge in [-0.05, 0) is 26.0 Å². The maximum absolute atomic E-state index is 12.5. The number of anilines is 1. The van der Waals surface area contributed by atoms with E-state index in [1.165, 1.54) is 23.1 Å². The van der Waals surface area contributed by atoms with Gasteiger partial charge >= 0.3 is 0 Å². The Hall–Kier alpha value is -2.88. The molecular weight excluding hydrogens is 478 g/mol. The Kier molecular flexibility index (Phi) is 7.32. The van der Waals surface area contributed by atoms with Gasteiger partial charge in [0.05, 0.1) is 16.5 Å². The number of para-hydroxylation sites is 1. The number of amides is 1. The van der Waals surface area contributed by atoms with Gasteiger partial charge in [-0.1, -0.05) is 65.8 Å². The maximum Gasteiger partial charge on any atom is 0.236 e. The van der Waals surface area contributed by atoms with Gasteiger partial charge in [0.1, 0.15) is 5.75 Å². The number of rotatable bonds is 8. The second-order valence-corrected chi connectivity index (χ2v) is 9.77. The summed E-state index contributed by atoms with van der Waals surface area (Å²) in [4.78, 5) is 18.1. The van der Waals surface area contributed by atoms with Crippen molar-refractivity contribution in [1.82, 2.24) is 19.7 Å². The summed E-state index contributed by atoms with van der Waals surface area (Å²) in [5.74, 6) is 1.25. The molecule has 33 heavy (non-hydrogen) atoms. The lowest BCUT2D eigenvalue weighted by molar-refractivity contribution is -0.113. The van der Waals surface area contributed by atoms with Gasteiger partial charge in [-0.25, -0.2) is 4.98 Å². The molecule has 170 valence electrons. The van der Waals surface area contributed by atoms with Crippen molar-refractivity contribution in [3.8, 4) is 17.0 Å². The van der Waals surface area contributed by atoms with E-state index in [9.17, 15) is 4.79 Å². The lowest BCUT2D eigenvalue weighted by Gasteiger charge is -2.15. The van der Waals surface area contributed by atoms with Crippen molar-refractivity contribution in [3.05, 3.63) is 70.3 Å². The summed E-state index contributed by atoms with van der Waals surface area (Å²) in [6.45, 7) is 3.88. The van der Waals surface area contributed by atoms with Crippen molar-refractivity contribution in [1.29, 1.82) is 0 Å². The molecule has 2 heterocycles. The fraction of sp³-hybridized carbons (Fsp3) is 0.217. The van der Waals surface area contributed by atoms with Gasteiger partial charge in [0.15, 0.2) is 22.2 Å². The van der Waals surface area contributed by atoms with Crippen LogP contribution in [0.2, 0.25) is 5.02 Å². The molecule has 1 amide bonds. The Morgan fingerprint density at radius 2 is 1.91 bits per heavy atom. The van der Waals surface area contributed by atoms with Gasteiger partial charge in [-0.2, -0.15) is 0 Å².